The van der Waals surface area contributed by atoms with Crippen molar-refractivity contribution in [1.29, 1.82) is 0 Å². The van der Waals surface area contributed by atoms with Crippen LogP contribution in [0.3, 0.4) is 0 Å². The molecule has 7 nitrogen and oxygen atoms in total. The standard InChI is InChI=1S/C20H20O7/c1-10(9-21)2-4-12-14(23)7-16(25)19-17(26)8-18(27-20(12)19)11-3-5-13(22)15(24)6-11/h2-3,5-7,18,21-25H,4,8-9H2,1H3. The Morgan fingerprint density at radius 3 is 2.52 bits per heavy atom. The summed E-state index contributed by atoms with van der Waals surface area (Å²) in [5.74, 6) is -1.52. The Labute approximate surface area is 155 Å². The summed E-state index contributed by atoms with van der Waals surface area (Å²) in [4.78, 5) is 12.6. The van der Waals surface area contributed by atoms with Gasteiger partial charge in [-0.25, -0.2) is 0 Å². The quantitative estimate of drug-likeness (QED) is 0.412. The van der Waals surface area contributed by atoms with Crippen LogP contribution in [0.1, 0.15) is 40.9 Å². The highest BCUT2D eigenvalue weighted by Gasteiger charge is 2.33. The molecular formula is C20H20O7. The Balaban J connectivity index is 2.06. The summed E-state index contributed by atoms with van der Waals surface area (Å²) in [5.41, 5.74) is 1.47. The molecule has 0 bridgehead atoms. The van der Waals surface area contributed by atoms with Crippen molar-refractivity contribution in [3.8, 4) is 28.7 Å². The number of phenolic OH excluding ortho intramolecular Hbond substituents is 4. The van der Waals surface area contributed by atoms with Gasteiger partial charge in [0.1, 0.15) is 28.9 Å². The fraction of sp³-hybridized carbons (Fsp3) is 0.250. The zero-order valence-electron chi connectivity index (χ0n) is 14.6. The normalized spacial score (nSPS) is 16.7. The number of fused-ring (bicyclic) bond motifs is 1. The predicted molar refractivity (Wildman–Crippen MR) is 96.4 cm³/mol. The van der Waals surface area contributed by atoms with Crippen molar-refractivity contribution in [3.05, 3.63) is 52.6 Å². The van der Waals surface area contributed by atoms with Crippen molar-refractivity contribution in [1.82, 2.24) is 0 Å². The van der Waals surface area contributed by atoms with Crippen LogP contribution >= 0.6 is 0 Å². The number of allylic oxidation sites excluding steroid dienone is 1. The molecule has 1 aliphatic heterocycles. The van der Waals surface area contributed by atoms with E-state index in [1.54, 1.807) is 13.0 Å². The topological polar surface area (TPSA) is 127 Å². The van der Waals surface area contributed by atoms with Crippen LogP contribution in [0.2, 0.25) is 0 Å². The van der Waals surface area contributed by atoms with E-state index in [1.807, 2.05) is 0 Å². The number of carbonyl (C=O) groups excluding carboxylic acids is 1. The number of carbonyl (C=O) groups is 1. The number of Topliss-reactive ketones (excluding diaryl/α,β-unsaturated/α-hetero) is 1. The Bertz CT molecular complexity index is 930. The van der Waals surface area contributed by atoms with Crippen LogP contribution in [-0.2, 0) is 6.42 Å². The van der Waals surface area contributed by atoms with Crippen molar-refractivity contribution in [2.24, 2.45) is 0 Å². The second-order valence-corrected chi connectivity index (χ2v) is 6.49. The van der Waals surface area contributed by atoms with E-state index >= 15 is 0 Å². The Morgan fingerprint density at radius 1 is 1.11 bits per heavy atom. The van der Waals surface area contributed by atoms with Gasteiger partial charge in [-0.15, -0.1) is 0 Å². The number of phenols is 4. The average Bonchev–Trinajstić information content (AvgIpc) is 2.62. The molecule has 1 aliphatic rings. The Morgan fingerprint density at radius 2 is 1.85 bits per heavy atom. The molecule has 2 aromatic carbocycles. The molecule has 5 N–H and O–H groups in total. The number of benzene rings is 2. The number of ketones is 1. The average molecular weight is 372 g/mol. The number of hydrogen-bond acceptors (Lipinski definition) is 7. The summed E-state index contributed by atoms with van der Waals surface area (Å²) >= 11 is 0. The zero-order chi connectivity index (χ0) is 19.7. The number of aliphatic hydroxyl groups is 1. The summed E-state index contributed by atoms with van der Waals surface area (Å²) in [5, 5.41) is 48.7. The maximum absolute atomic E-state index is 12.6. The number of rotatable bonds is 4. The van der Waals surface area contributed by atoms with E-state index < -0.39 is 6.10 Å². The van der Waals surface area contributed by atoms with Crippen LogP contribution in [0.4, 0.5) is 0 Å². The van der Waals surface area contributed by atoms with E-state index in [0.29, 0.717) is 16.7 Å². The van der Waals surface area contributed by atoms with Crippen molar-refractivity contribution < 1.29 is 35.1 Å². The van der Waals surface area contributed by atoms with E-state index in [2.05, 4.69) is 0 Å². The minimum atomic E-state index is -0.751. The molecule has 1 atom stereocenters. The molecule has 0 aromatic heterocycles. The highest BCUT2D eigenvalue weighted by atomic mass is 16.5. The van der Waals surface area contributed by atoms with Crippen LogP contribution in [-0.4, -0.2) is 37.9 Å². The zero-order valence-corrected chi connectivity index (χ0v) is 14.6. The smallest absolute Gasteiger partial charge is 0.174 e. The Kier molecular flexibility index (Phi) is 4.96. The van der Waals surface area contributed by atoms with Crippen LogP contribution in [0, 0.1) is 0 Å². The summed E-state index contributed by atoms with van der Waals surface area (Å²) in [6.45, 7) is 1.58. The molecule has 0 amide bonds. The van der Waals surface area contributed by atoms with Gasteiger partial charge in [0.2, 0.25) is 0 Å². The van der Waals surface area contributed by atoms with E-state index in [4.69, 9.17) is 9.84 Å². The van der Waals surface area contributed by atoms with Crippen molar-refractivity contribution in [2.45, 2.75) is 25.9 Å². The molecule has 1 heterocycles. The molecule has 0 saturated heterocycles. The minimum Gasteiger partial charge on any atom is -0.507 e. The molecule has 1 unspecified atom stereocenters. The first-order chi connectivity index (χ1) is 12.8. The molecule has 142 valence electrons. The Hall–Kier alpha value is -3.19. The van der Waals surface area contributed by atoms with Crippen LogP contribution in [0.5, 0.6) is 28.7 Å². The first-order valence-electron chi connectivity index (χ1n) is 8.37. The molecule has 2 aromatic rings. The van der Waals surface area contributed by atoms with E-state index in [-0.39, 0.29) is 59.5 Å². The lowest BCUT2D eigenvalue weighted by Gasteiger charge is -2.28. The second kappa shape index (κ2) is 7.20. The minimum absolute atomic E-state index is 0.00268. The van der Waals surface area contributed by atoms with Gasteiger partial charge in [-0.05, 0) is 31.0 Å². The van der Waals surface area contributed by atoms with Crippen LogP contribution in [0.25, 0.3) is 0 Å². The monoisotopic (exact) mass is 372 g/mol. The van der Waals surface area contributed by atoms with E-state index in [0.717, 1.165) is 6.07 Å². The highest BCUT2D eigenvalue weighted by molar-refractivity contribution is 6.03. The van der Waals surface area contributed by atoms with Crippen LogP contribution in [0.15, 0.2) is 35.9 Å². The molecule has 0 aliphatic carbocycles. The largest absolute Gasteiger partial charge is 0.507 e. The van der Waals surface area contributed by atoms with Crippen molar-refractivity contribution in [3.63, 3.8) is 0 Å². The van der Waals surface area contributed by atoms with Gasteiger partial charge in [0.15, 0.2) is 17.3 Å². The summed E-state index contributed by atoms with van der Waals surface area (Å²) in [7, 11) is 0. The molecule has 0 saturated carbocycles. The van der Waals surface area contributed by atoms with Gasteiger partial charge >= 0.3 is 0 Å². The van der Waals surface area contributed by atoms with Crippen molar-refractivity contribution >= 4 is 5.78 Å². The molecule has 0 radical (unpaired) electrons. The summed E-state index contributed by atoms with van der Waals surface area (Å²) in [6, 6.07) is 5.22. The van der Waals surface area contributed by atoms with Gasteiger partial charge in [-0.1, -0.05) is 17.7 Å². The van der Waals surface area contributed by atoms with Gasteiger partial charge in [-0.2, -0.15) is 0 Å². The van der Waals surface area contributed by atoms with Gasteiger partial charge in [0, 0.05) is 11.6 Å². The lowest BCUT2D eigenvalue weighted by Crippen LogP contribution is -2.21. The summed E-state index contributed by atoms with van der Waals surface area (Å²) in [6.07, 6.45) is 1.07. The number of aromatic hydroxyl groups is 4. The van der Waals surface area contributed by atoms with Crippen molar-refractivity contribution in [2.75, 3.05) is 6.61 Å². The fourth-order valence-electron chi connectivity index (χ4n) is 2.99. The maximum Gasteiger partial charge on any atom is 0.174 e. The first-order valence-corrected chi connectivity index (χ1v) is 8.37. The highest BCUT2D eigenvalue weighted by Crippen LogP contribution is 2.46. The van der Waals surface area contributed by atoms with E-state index in [1.165, 1.54) is 18.2 Å². The maximum atomic E-state index is 12.6. The second-order valence-electron chi connectivity index (χ2n) is 6.49. The van der Waals surface area contributed by atoms with Crippen LogP contribution < -0.4 is 4.74 Å². The van der Waals surface area contributed by atoms with Gasteiger partial charge in [-0.3, -0.25) is 4.79 Å². The molecular weight excluding hydrogens is 352 g/mol. The first kappa shape index (κ1) is 18.6. The fourth-order valence-corrected chi connectivity index (χ4v) is 2.99. The third kappa shape index (κ3) is 3.54. The summed E-state index contributed by atoms with van der Waals surface area (Å²) < 4.78 is 5.92. The third-order valence-corrected chi connectivity index (χ3v) is 4.52. The van der Waals surface area contributed by atoms with Gasteiger partial charge in [0.05, 0.1) is 13.0 Å². The van der Waals surface area contributed by atoms with E-state index in [9.17, 15) is 25.2 Å². The molecule has 7 heteroatoms. The SMILES string of the molecule is CC(=CCc1c(O)cc(O)c2c1OC(c1ccc(O)c(O)c1)CC2=O)CO. The molecule has 0 fully saturated rings. The molecule has 3 rings (SSSR count). The number of ether oxygens (including phenoxy) is 1. The number of aliphatic hydroxyl groups excluding tert-OH is 1. The molecule has 0 spiro atoms. The lowest BCUT2D eigenvalue weighted by atomic mass is 9.92. The predicted octanol–water partition coefficient (Wildman–Crippen LogP) is 2.70. The lowest BCUT2D eigenvalue weighted by molar-refractivity contribution is 0.0842. The van der Waals surface area contributed by atoms with Gasteiger partial charge in [0.25, 0.3) is 0 Å². The molecule has 27 heavy (non-hydrogen) atoms. The van der Waals surface area contributed by atoms with Gasteiger partial charge < -0.3 is 30.3 Å². The number of hydrogen-bond donors (Lipinski definition) is 5. The third-order valence-electron chi connectivity index (χ3n) is 4.52.